The molecule has 9 heteroatoms. The molecule has 184 valence electrons. The fourth-order valence-corrected chi connectivity index (χ4v) is 7.19. The molecule has 3 rings (SSSR count). The summed E-state index contributed by atoms with van der Waals surface area (Å²) in [4.78, 5) is 14.8. The van der Waals surface area contributed by atoms with Crippen LogP contribution in [0.2, 0.25) is 0 Å². The van der Waals surface area contributed by atoms with Crippen LogP contribution in [0.5, 0.6) is 0 Å². The summed E-state index contributed by atoms with van der Waals surface area (Å²) in [5.41, 5.74) is -11.2. The highest BCUT2D eigenvalue weighted by Crippen LogP contribution is 2.70. The van der Waals surface area contributed by atoms with Crippen molar-refractivity contribution >= 4 is 5.78 Å². The minimum atomic E-state index is -2.88. The zero-order valence-electron chi connectivity index (χ0n) is 20.1. The number of nitrogens with zero attached hydrogens (tertiary/aromatic N) is 1. The van der Waals surface area contributed by atoms with Crippen LogP contribution < -0.4 is 0 Å². The van der Waals surface area contributed by atoms with Gasteiger partial charge in [-0.15, -0.1) is 6.58 Å². The summed E-state index contributed by atoms with van der Waals surface area (Å²) in [6, 6.07) is 0. The number of fused-ring (bicyclic) bond motifs is 3. The van der Waals surface area contributed by atoms with E-state index in [0.717, 1.165) is 4.90 Å². The smallest absolute Gasteiger partial charge is 0.255 e. The number of hydrogen-bond donors (Lipinski definition) is 6. The lowest BCUT2D eigenvalue weighted by Crippen LogP contribution is -2.91. The average Bonchev–Trinajstić information content (AvgIpc) is 2.67. The number of likely N-dealkylation sites (N-methyl/N-ethyl adjacent to an activating group) is 1. The number of rotatable bonds is 3. The standard InChI is InChI=1S/C23H39NO8/c1-9-18(4)12-13(25)22(29)19(5)15(14(26)16(27)20(22,6)32-18)17(2,3)10-11-21(19,28)23(30,31)24(7)8/h9,14-16,26-31H,1,10-12H2,2-8H3/t14-,15-,16-,18-,19+,20+,21-,22-/m0/s1. The van der Waals surface area contributed by atoms with Gasteiger partial charge in [0.2, 0.25) is 0 Å². The fraction of sp³-hybridized carbons (Fsp3) is 0.870. The quantitative estimate of drug-likeness (QED) is 0.244. The van der Waals surface area contributed by atoms with Gasteiger partial charge in [-0.1, -0.05) is 26.8 Å². The molecule has 0 spiro atoms. The van der Waals surface area contributed by atoms with Crippen LogP contribution in [0.3, 0.4) is 0 Å². The zero-order valence-corrected chi connectivity index (χ0v) is 20.1. The summed E-state index contributed by atoms with van der Waals surface area (Å²) in [6.45, 7) is 11.6. The molecule has 0 aromatic heterocycles. The van der Waals surface area contributed by atoms with Crippen LogP contribution in [0.4, 0.5) is 0 Å². The summed E-state index contributed by atoms with van der Waals surface area (Å²) in [7, 11) is 2.70. The van der Waals surface area contributed by atoms with E-state index in [0.29, 0.717) is 0 Å². The van der Waals surface area contributed by atoms with Crippen LogP contribution in [-0.2, 0) is 9.53 Å². The molecule has 8 atom stereocenters. The summed E-state index contributed by atoms with van der Waals surface area (Å²) in [5, 5.41) is 69.3. The normalized spacial score (nSPS) is 51.2. The van der Waals surface area contributed by atoms with Gasteiger partial charge in [-0.3, -0.25) is 9.69 Å². The molecular formula is C23H39NO8. The van der Waals surface area contributed by atoms with Crippen molar-refractivity contribution in [3.05, 3.63) is 12.7 Å². The van der Waals surface area contributed by atoms with Crippen molar-refractivity contribution in [2.24, 2.45) is 16.7 Å². The molecular weight excluding hydrogens is 418 g/mol. The summed E-state index contributed by atoms with van der Waals surface area (Å²) in [6.07, 6.45) is -2.13. The first-order valence-corrected chi connectivity index (χ1v) is 11.0. The van der Waals surface area contributed by atoms with Crippen molar-refractivity contribution < 1.29 is 40.2 Å². The molecule has 0 unspecified atom stereocenters. The number of aliphatic hydroxyl groups excluding tert-OH is 2. The van der Waals surface area contributed by atoms with E-state index in [9.17, 15) is 35.4 Å². The topological polar surface area (TPSA) is 151 Å². The highest BCUT2D eigenvalue weighted by Gasteiger charge is 2.85. The number of ketones is 1. The number of carbonyl (C=O) groups is 1. The Labute approximate surface area is 189 Å². The molecule has 0 aromatic carbocycles. The predicted molar refractivity (Wildman–Crippen MR) is 115 cm³/mol. The van der Waals surface area contributed by atoms with E-state index in [1.54, 1.807) is 20.8 Å². The van der Waals surface area contributed by atoms with Gasteiger partial charge in [-0.05, 0) is 46.2 Å². The Morgan fingerprint density at radius 1 is 1.09 bits per heavy atom. The van der Waals surface area contributed by atoms with E-state index in [1.807, 2.05) is 0 Å². The Hall–Kier alpha value is -0.910. The zero-order chi connectivity index (χ0) is 24.9. The minimum Gasteiger partial charge on any atom is -0.390 e. The van der Waals surface area contributed by atoms with Crippen molar-refractivity contribution in [3.63, 3.8) is 0 Å². The maximum atomic E-state index is 13.8. The average molecular weight is 458 g/mol. The number of carbonyl (C=O) groups excluding carboxylic acids is 1. The predicted octanol–water partition coefficient (Wildman–Crippen LogP) is -0.481. The van der Waals surface area contributed by atoms with E-state index < -0.39 is 63.1 Å². The third kappa shape index (κ3) is 2.59. The first-order valence-electron chi connectivity index (χ1n) is 11.0. The van der Waals surface area contributed by atoms with Gasteiger partial charge >= 0.3 is 0 Å². The Bertz CT molecular complexity index is 829. The molecule has 3 aliphatic rings. The second-order valence-electron chi connectivity index (χ2n) is 11.5. The highest BCUT2D eigenvalue weighted by molar-refractivity contribution is 5.92. The lowest BCUT2D eigenvalue weighted by molar-refractivity contribution is -0.443. The maximum absolute atomic E-state index is 13.8. The molecule has 0 radical (unpaired) electrons. The molecule has 6 N–H and O–H groups in total. The highest BCUT2D eigenvalue weighted by atomic mass is 16.6. The number of aliphatic hydroxyl groups is 6. The van der Waals surface area contributed by atoms with Gasteiger partial charge in [0.1, 0.15) is 17.3 Å². The summed E-state index contributed by atoms with van der Waals surface area (Å²) >= 11 is 0. The molecule has 3 fully saturated rings. The van der Waals surface area contributed by atoms with Gasteiger partial charge in [-0.25, -0.2) is 0 Å². The largest absolute Gasteiger partial charge is 0.390 e. The van der Waals surface area contributed by atoms with E-state index >= 15 is 0 Å². The Kier molecular flexibility index (Phi) is 5.48. The van der Waals surface area contributed by atoms with Crippen LogP contribution in [-0.4, -0.2) is 95.9 Å². The van der Waals surface area contributed by atoms with Crippen LogP contribution >= 0.6 is 0 Å². The Morgan fingerprint density at radius 3 is 2.09 bits per heavy atom. The van der Waals surface area contributed by atoms with E-state index in [-0.39, 0.29) is 19.3 Å². The minimum absolute atomic E-state index is 0.189. The van der Waals surface area contributed by atoms with Crippen molar-refractivity contribution in [3.8, 4) is 0 Å². The fourth-order valence-electron chi connectivity index (χ4n) is 7.19. The summed E-state index contributed by atoms with van der Waals surface area (Å²) in [5.74, 6) is -4.71. The van der Waals surface area contributed by atoms with Crippen molar-refractivity contribution in [2.45, 2.75) is 94.4 Å². The molecule has 2 aliphatic carbocycles. The van der Waals surface area contributed by atoms with Crippen molar-refractivity contribution in [2.75, 3.05) is 14.1 Å². The maximum Gasteiger partial charge on any atom is 0.255 e. The molecule has 1 heterocycles. The second-order valence-corrected chi connectivity index (χ2v) is 11.5. The molecule has 1 aliphatic heterocycles. The van der Waals surface area contributed by atoms with Crippen LogP contribution in [0.1, 0.15) is 53.9 Å². The lowest BCUT2D eigenvalue weighted by Gasteiger charge is -2.74. The Morgan fingerprint density at radius 2 is 1.62 bits per heavy atom. The monoisotopic (exact) mass is 457 g/mol. The van der Waals surface area contributed by atoms with Gasteiger partial charge in [0, 0.05) is 17.8 Å². The molecule has 1 saturated heterocycles. The van der Waals surface area contributed by atoms with E-state index in [2.05, 4.69) is 6.58 Å². The van der Waals surface area contributed by atoms with Crippen molar-refractivity contribution in [1.82, 2.24) is 4.90 Å². The van der Waals surface area contributed by atoms with E-state index in [1.165, 1.54) is 34.0 Å². The first-order chi connectivity index (χ1) is 14.2. The van der Waals surface area contributed by atoms with Crippen LogP contribution in [0.25, 0.3) is 0 Å². The molecule has 32 heavy (non-hydrogen) atoms. The van der Waals surface area contributed by atoms with Gasteiger partial charge in [0.25, 0.3) is 5.91 Å². The molecule has 0 bridgehead atoms. The number of hydrogen-bond acceptors (Lipinski definition) is 9. The SMILES string of the molecule is C=C[C@@]1(C)CC(=O)[C@]2(O)[C@]3(C)[C@@H]([C@H](O)[C@H](O)[C@@]2(C)O1)C(C)(C)CC[C@@]3(O)C(O)(O)N(C)C. The van der Waals surface area contributed by atoms with Gasteiger partial charge in [-0.2, -0.15) is 0 Å². The second kappa shape index (κ2) is 6.82. The third-order valence-electron chi connectivity index (χ3n) is 9.12. The molecule has 0 amide bonds. The molecule has 2 saturated carbocycles. The van der Waals surface area contributed by atoms with Gasteiger partial charge < -0.3 is 35.4 Å². The van der Waals surface area contributed by atoms with Crippen LogP contribution in [0.15, 0.2) is 12.7 Å². The number of Topliss-reactive ketones (excluding diaryl/α,β-unsaturated/α-hetero) is 1. The van der Waals surface area contributed by atoms with Crippen molar-refractivity contribution in [1.29, 1.82) is 0 Å². The molecule has 0 aromatic rings. The molecule has 9 nitrogen and oxygen atoms in total. The van der Waals surface area contributed by atoms with Gasteiger partial charge in [0.15, 0.2) is 11.4 Å². The van der Waals surface area contributed by atoms with Crippen LogP contribution in [0, 0.1) is 16.7 Å². The van der Waals surface area contributed by atoms with E-state index in [4.69, 9.17) is 4.74 Å². The summed E-state index contributed by atoms with van der Waals surface area (Å²) < 4.78 is 6.13. The first kappa shape index (κ1) is 25.7. The third-order valence-corrected chi connectivity index (χ3v) is 9.12. The number of ether oxygens (including phenoxy) is 1. The Balaban J connectivity index is 2.43. The van der Waals surface area contributed by atoms with Gasteiger partial charge in [0.05, 0.1) is 11.7 Å². The lowest BCUT2D eigenvalue weighted by atomic mass is 9.36.